The van der Waals surface area contributed by atoms with Gasteiger partial charge >= 0.3 is 5.69 Å². The van der Waals surface area contributed by atoms with E-state index in [1.807, 2.05) is 57.0 Å². The summed E-state index contributed by atoms with van der Waals surface area (Å²) in [5.74, 6) is 1.25. The Morgan fingerprint density at radius 1 is 0.931 bits per heavy atom. The maximum Gasteiger partial charge on any atom is 0.352 e. The molecule has 3 aromatic rings. The summed E-state index contributed by atoms with van der Waals surface area (Å²) in [6.45, 7) is 0. The van der Waals surface area contributed by atoms with E-state index in [0.29, 0.717) is 17.8 Å². The summed E-state index contributed by atoms with van der Waals surface area (Å²) in [5.41, 5.74) is 4.60. The van der Waals surface area contributed by atoms with E-state index in [1.54, 1.807) is 0 Å². The average molecular weight is 404 g/mol. The highest BCUT2D eigenvalue weighted by molar-refractivity contribution is 5.96. The van der Waals surface area contributed by atoms with E-state index >= 15 is 0 Å². The van der Waals surface area contributed by atoms with Crippen molar-refractivity contribution in [3.05, 3.63) is 22.5 Å². The van der Waals surface area contributed by atoms with Crippen LogP contribution in [-0.4, -0.2) is 87.5 Å². The summed E-state index contributed by atoms with van der Waals surface area (Å²) in [6.07, 6.45) is 1.19. The van der Waals surface area contributed by atoms with Gasteiger partial charge in [-0.3, -0.25) is 4.79 Å². The number of primary amides is 1. The van der Waals surface area contributed by atoms with Crippen molar-refractivity contribution in [2.45, 2.75) is 0 Å². The Hall–Kier alpha value is -3.84. The first kappa shape index (κ1) is 21.5. The van der Waals surface area contributed by atoms with Crippen molar-refractivity contribution >= 4 is 29.4 Å². The van der Waals surface area contributed by atoms with Gasteiger partial charge in [0.05, 0.1) is 0 Å². The van der Waals surface area contributed by atoms with Crippen LogP contribution in [0.15, 0.2) is 11.1 Å². The van der Waals surface area contributed by atoms with E-state index in [-0.39, 0.29) is 11.3 Å². The van der Waals surface area contributed by atoms with Crippen LogP contribution in [0.2, 0.25) is 0 Å². The lowest BCUT2D eigenvalue weighted by Crippen LogP contribution is -2.27. The molecule has 0 radical (unpaired) electrons. The second-order valence-electron chi connectivity index (χ2n) is 6.57. The molecule has 3 heterocycles. The molecule has 0 aromatic carbocycles. The molecule has 0 aliphatic heterocycles. The summed E-state index contributed by atoms with van der Waals surface area (Å²) >= 11 is 0. The fourth-order valence-electron chi connectivity index (χ4n) is 2.00. The molecule has 0 unspecified atom stereocenters. The standard InChI is InChI=1S/C9H18N6.C6H6N6O2/c1-13(2)7-10-8(14(3)4)12-9(11-7)15(5)6;1-11-6(14)12-2-8-3(4(7)13)5(12)9-10-11/h1-6H3;2H,1H3,(H2,7,13). The van der Waals surface area contributed by atoms with Crippen molar-refractivity contribution in [3.63, 3.8) is 0 Å². The van der Waals surface area contributed by atoms with Crippen molar-refractivity contribution in [3.8, 4) is 0 Å². The lowest BCUT2D eigenvalue weighted by atomic mass is 10.4. The highest BCUT2D eigenvalue weighted by Gasteiger charge is 2.13. The minimum absolute atomic E-state index is 0.0600. The van der Waals surface area contributed by atoms with E-state index in [0.717, 1.165) is 9.08 Å². The number of anilines is 3. The number of nitrogens with two attached hydrogens (primary N) is 1. The van der Waals surface area contributed by atoms with Gasteiger partial charge in [-0.05, 0) is 0 Å². The van der Waals surface area contributed by atoms with Gasteiger partial charge in [-0.25, -0.2) is 14.2 Å². The van der Waals surface area contributed by atoms with Crippen molar-refractivity contribution in [1.29, 1.82) is 0 Å². The van der Waals surface area contributed by atoms with Crippen molar-refractivity contribution in [2.75, 3.05) is 57.0 Å². The number of aryl methyl sites for hydroxylation is 1. The number of aromatic nitrogens is 8. The van der Waals surface area contributed by atoms with Crippen LogP contribution in [0.3, 0.4) is 0 Å². The van der Waals surface area contributed by atoms with Crippen LogP contribution in [0.25, 0.3) is 5.65 Å². The first-order valence-corrected chi connectivity index (χ1v) is 8.37. The number of carbonyl (C=O) groups excluding carboxylic acids is 1. The van der Waals surface area contributed by atoms with Crippen molar-refractivity contribution < 1.29 is 4.79 Å². The van der Waals surface area contributed by atoms with Crippen LogP contribution in [0.5, 0.6) is 0 Å². The third-order valence-electron chi connectivity index (χ3n) is 3.53. The number of imidazole rings is 1. The first-order valence-electron chi connectivity index (χ1n) is 8.37. The molecule has 0 aliphatic carbocycles. The molecule has 14 nitrogen and oxygen atoms in total. The molecule has 1 amide bonds. The molecule has 14 heteroatoms. The van der Waals surface area contributed by atoms with Gasteiger partial charge in [-0.1, -0.05) is 5.21 Å². The predicted octanol–water partition coefficient (Wildman–Crippen LogP) is -2.01. The molecular formula is C15H24N12O2. The Kier molecular flexibility index (Phi) is 6.25. The van der Waals surface area contributed by atoms with Gasteiger partial charge in [0, 0.05) is 49.3 Å². The van der Waals surface area contributed by atoms with E-state index < -0.39 is 11.6 Å². The van der Waals surface area contributed by atoms with Gasteiger partial charge in [0.25, 0.3) is 5.91 Å². The van der Waals surface area contributed by atoms with Crippen LogP contribution in [0.4, 0.5) is 17.8 Å². The molecule has 0 aliphatic rings. The molecule has 0 saturated carbocycles. The number of amides is 1. The van der Waals surface area contributed by atoms with E-state index in [1.165, 1.54) is 13.4 Å². The molecule has 3 rings (SSSR count). The highest BCUT2D eigenvalue weighted by Crippen LogP contribution is 2.14. The minimum atomic E-state index is -0.741. The molecule has 0 bridgehead atoms. The molecule has 0 atom stereocenters. The SMILES string of the molecule is CN(C)c1nc(N(C)C)nc(N(C)C)n1.Cn1nnc2c(C(N)=O)ncn2c1=O. The Balaban J connectivity index is 0.000000207. The number of hydrogen-bond donors (Lipinski definition) is 1. The third-order valence-corrected chi connectivity index (χ3v) is 3.53. The topological polar surface area (TPSA) is 157 Å². The van der Waals surface area contributed by atoms with Crippen LogP contribution in [0.1, 0.15) is 10.5 Å². The summed E-state index contributed by atoms with van der Waals surface area (Å²) in [6, 6.07) is 0. The zero-order chi connectivity index (χ0) is 21.9. The average Bonchev–Trinajstić information content (AvgIpc) is 3.09. The Labute approximate surface area is 166 Å². The summed E-state index contributed by atoms with van der Waals surface area (Å²) < 4.78 is 2.13. The lowest BCUT2D eigenvalue weighted by molar-refractivity contribution is 0.0997. The van der Waals surface area contributed by atoms with Crippen LogP contribution >= 0.6 is 0 Å². The Bertz CT molecular complexity index is 1000. The Morgan fingerprint density at radius 2 is 1.38 bits per heavy atom. The molecular weight excluding hydrogens is 380 g/mol. The maximum atomic E-state index is 11.4. The van der Waals surface area contributed by atoms with E-state index in [2.05, 4.69) is 30.2 Å². The van der Waals surface area contributed by atoms with Crippen molar-refractivity contribution in [2.24, 2.45) is 12.8 Å². The minimum Gasteiger partial charge on any atom is -0.364 e. The molecule has 0 saturated heterocycles. The first-order chi connectivity index (χ1) is 13.5. The summed E-state index contributed by atoms with van der Waals surface area (Å²) in [5, 5.41) is 7.14. The largest absolute Gasteiger partial charge is 0.364 e. The van der Waals surface area contributed by atoms with E-state index in [9.17, 15) is 9.59 Å². The van der Waals surface area contributed by atoms with Crippen LogP contribution in [0, 0.1) is 0 Å². The maximum absolute atomic E-state index is 11.4. The number of nitrogens with zero attached hydrogens (tertiary/aromatic N) is 11. The lowest BCUT2D eigenvalue weighted by Gasteiger charge is -2.18. The zero-order valence-corrected chi connectivity index (χ0v) is 17.4. The normalized spacial score (nSPS) is 10.3. The number of carbonyl (C=O) groups is 1. The summed E-state index contributed by atoms with van der Waals surface area (Å²) in [4.78, 5) is 44.4. The smallest absolute Gasteiger partial charge is 0.352 e. The van der Waals surface area contributed by atoms with Gasteiger partial charge in [0.1, 0.15) is 6.33 Å². The number of hydrogen-bond acceptors (Lipinski definition) is 11. The second-order valence-corrected chi connectivity index (χ2v) is 6.57. The van der Waals surface area contributed by atoms with E-state index in [4.69, 9.17) is 5.73 Å². The zero-order valence-electron chi connectivity index (χ0n) is 17.4. The predicted molar refractivity (Wildman–Crippen MR) is 107 cm³/mol. The molecule has 0 spiro atoms. The molecule has 156 valence electrons. The quantitative estimate of drug-likeness (QED) is 0.512. The van der Waals surface area contributed by atoms with Crippen molar-refractivity contribution in [1.82, 2.24) is 39.3 Å². The van der Waals surface area contributed by atoms with Gasteiger partial charge in [-0.15, -0.1) is 5.10 Å². The van der Waals surface area contributed by atoms with Crippen LogP contribution in [-0.2, 0) is 7.05 Å². The molecule has 0 fully saturated rings. The fourth-order valence-corrected chi connectivity index (χ4v) is 2.00. The van der Waals surface area contributed by atoms with Gasteiger partial charge in [0.15, 0.2) is 11.3 Å². The van der Waals surface area contributed by atoms with Crippen LogP contribution < -0.4 is 26.1 Å². The molecule has 3 aromatic heterocycles. The highest BCUT2D eigenvalue weighted by atomic mass is 16.2. The fraction of sp³-hybridized carbons (Fsp3) is 0.467. The second kappa shape index (κ2) is 8.45. The van der Waals surface area contributed by atoms with Gasteiger partial charge in [-0.2, -0.15) is 19.6 Å². The third kappa shape index (κ3) is 4.72. The monoisotopic (exact) mass is 404 g/mol. The summed E-state index contributed by atoms with van der Waals surface area (Å²) in [7, 11) is 12.9. The Morgan fingerprint density at radius 3 is 1.76 bits per heavy atom. The molecule has 29 heavy (non-hydrogen) atoms. The van der Waals surface area contributed by atoms with Gasteiger partial charge in [0.2, 0.25) is 17.8 Å². The number of fused-ring (bicyclic) bond motifs is 1. The molecule has 2 N–H and O–H groups in total. The number of rotatable bonds is 4. The van der Waals surface area contributed by atoms with Gasteiger partial charge < -0.3 is 20.4 Å².